The molecule has 0 fully saturated rings. The maximum absolute atomic E-state index is 6.55. The van der Waals surface area contributed by atoms with E-state index in [9.17, 15) is 0 Å². The van der Waals surface area contributed by atoms with E-state index in [1.165, 1.54) is 6.33 Å². The van der Waals surface area contributed by atoms with Crippen LogP contribution in [-0.4, -0.2) is 41.8 Å². The Morgan fingerprint density at radius 1 is 1.08 bits per heavy atom. The Hall–Kier alpha value is -4.57. The van der Waals surface area contributed by atoms with E-state index in [4.69, 9.17) is 25.8 Å². The molecule has 1 atom stereocenters. The van der Waals surface area contributed by atoms with Crippen molar-refractivity contribution in [2.45, 2.75) is 26.4 Å². The molecule has 4 aromatic heterocycles. The quantitative estimate of drug-likeness (QED) is 0.283. The minimum Gasteiger partial charge on any atom is -0.497 e. The molecule has 0 radical (unpaired) electrons. The number of methoxy groups -OCH3 is 1. The first-order chi connectivity index (χ1) is 18.5. The molecular formula is C27H23ClN8O2. The Balaban J connectivity index is 1.33. The molecule has 0 spiro atoms. The highest BCUT2D eigenvalue weighted by Crippen LogP contribution is 2.34. The summed E-state index contributed by atoms with van der Waals surface area (Å²) >= 11 is 6.55. The predicted octanol–water partition coefficient (Wildman–Crippen LogP) is 5.62. The van der Waals surface area contributed by atoms with Crippen LogP contribution in [0, 0.1) is 6.92 Å². The van der Waals surface area contributed by atoms with Gasteiger partial charge in [-0.2, -0.15) is 4.98 Å². The number of benzene rings is 2. The van der Waals surface area contributed by atoms with E-state index < -0.39 is 0 Å². The maximum atomic E-state index is 6.55. The first-order valence-electron chi connectivity index (χ1n) is 12.0. The van der Waals surface area contributed by atoms with Gasteiger partial charge in [-0.1, -0.05) is 41.0 Å². The van der Waals surface area contributed by atoms with Crippen molar-refractivity contribution in [2.24, 2.45) is 0 Å². The van der Waals surface area contributed by atoms with Crippen molar-refractivity contribution < 1.29 is 9.26 Å². The highest BCUT2D eigenvalue weighted by atomic mass is 35.5. The minimum atomic E-state index is -0.227. The van der Waals surface area contributed by atoms with E-state index in [0.717, 1.165) is 33.4 Å². The number of hydrogen-bond acceptors (Lipinski definition) is 9. The molecule has 10 nitrogen and oxygen atoms in total. The molecule has 0 bridgehead atoms. The van der Waals surface area contributed by atoms with Gasteiger partial charge in [0.1, 0.15) is 23.3 Å². The minimum absolute atomic E-state index is 0.227. The van der Waals surface area contributed by atoms with Gasteiger partial charge in [0.2, 0.25) is 11.7 Å². The Kier molecular flexibility index (Phi) is 6.09. The number of rotatable bonds is 7. The van der Waals surface area contributed by atoms with E-state index in [2.05, 4.69) is 30.4 Å². The highest BCUT2D eigenvalue weighted by Gasteiger charge is 2.20. The van der Waals surface area contributed by atoms with Crippen LogP contribution in [0.15, 0.2) is 65.7 Å². The molecular weight excluding hydrogens is 504 g/mol. The molecule has 4 heterocycles. The van der Waals surface area contributed by atoms with Crippen molar-refractivity contribution in [3.63, 3.8) is 0 Å². The van der Waals surface area contributed by atoms with Gasteiger partial charge in [0.15, 0.2) is 11.5 Å². The van der Waals surface area contributed by atoms with Gasteiger partial charge >= 0.3 is 0 Å². The third-order valence-corrected chi connectivity index (χ3v) is 6.59. The zero-order valence-corrected chi connectivity index (χ0v) is 21.6. The van der Waals surface area contributed by atoms with Gasteiger partial charge in [0, 0.05) is 12.3 Å². The number of imidazole rings is 1. The van der Waals surface area contributed by atoms with Crippen LogP contribution in [0.1, 0.15) is 30.1 Å². The number of nitrogens with zero attached hydrogens (tertiary/aromatic N) is 7. The molecule has 0 amide bonds. The molecule has 0 saturated carbocycles. The van der Waals surface area contributed by atoms with Crippen LogP contribution in [0.25, 0.3) is 33.5 Å². The number of hydrogen-bond donors (Lipinski definition) is 1. The van der Waals surface area contributed by atoms with Crippen molar-refractivity contribution in [1.82, 2.24) is 34.6 Å². The predicted molar refractivity (Wildman–Crippen MR) is 144 cm³/mol. The van der Waals surface area contributed by atoms with Crippen LogP contribution in [0.5, 0.6) is 5.75 Å². The summed E-state index contributed by atoms with van der Waals surface area (Å²) in [6.07, 6.45) is 3.30. The van der Waals surface area contributed by atoms with Gasteiger partial charge in [-0.05, 0) is 42.1 Å². The fraction of sp³-hybridized carbons (Fsp3) is 0.185. The lowest BCUT2D eigenvalue weighted by Crippen LogP contribution is -2.11. The second kappa shape index (κ2) is 9.71. The number of aryl methyl sites for hydroxylation is 1. The topological polar surface area (TPSA) is 117 Å². The molecule has 0 aliphatic rings. The summed E-state index contributed by atoms with van der Waals surface area (Å²) in [6, 6.07) is 15.4. The van der Waals surface area contributed by atoms with Crippen LogP contribution in [0.3, 0.4) is 0 Å². The number of pyridine rings is 1. The third kappa shape index (κ3) is 4.39. The zero-order valence-electron chi connectivity index (χ0n) is 20.9. The average Bonchev–Trinajstić information content (AvgIpc) is 3.55. The zero-order chi connectivity index (χ0) is 26.2. The molecule has 0 aliphatic carbocycles. The van der Waals surface area contributed by atoms with Gasteiger partial charge in [-0.25, -0.2) is 19.9 Å². The van der Waals surface area contributed by atoms with Crippen LogP contribution in [-0.2, 0) is 6.54 Å². The molecule has 0 aliphatic heterocycles. The Morgan fingerprint density at radius 2 is 1.92 bits per heavy atom. The number of ether oxygens (including phenoxy) is 1. The van der Waals surface area contributed by atoms with Crippen LogP contribution < -0.4 is 10.1 Å². The van der Waals surface area contributed by atoms with E-state index >= 15 is 0 Å². The van der Waals surface area contributed by atoms with Crippen molar-refractivity contribution in [2.75, 3.05) is 12.4 Å². The van der Waals surface area contributed by atoms with Gasteiger partial charge in [0.05, 0.1) is 36.7 Å². The van der Waals surface area contributed by atoms with E-state index in [0.29, 0.717) is 40.3 Å². The summed E-state index contributed by atoms with van der Waals surface area (Å²) in [5.74, 6) is 2.26. The van der Waals surface area contributed by atoms with Gasteiger partial charge in [-0.15, -0.1) is 0 Å². The standard InChI is InChI=1S/C27H23ClN8O2/c1-15(21-11-18-5-4-6-20(28)22(18)23(34-21)26-33-16(2)38-35-26)32-25-24-27(30-13-29-25)36(14-31-24)12-17-7-9-19(37-3)10-8-17/h4-11,13-15H,12H2,1-3H3,(H,29,30,32)/t15-/m0/s1. The number of nitrogens with one attached hydrogen (secondary N) is 1. The normalized spacial score (nSPS) is 12.2. The summed E-state index contributed by atoms with van der Waals surface area (Å²) in [4.78, 5) is 22.8. The fourth-order valence-electron chi connectivity index (χ4n) is 4.38. The van der Waals surface area contributed by atoms with Crippen molar-refractivity contribution in [3.05, 3.63) is 83.4 Å². The molecule has 190 valence electrons. The van der Waals surface area contributed by atoms with Gasteiger partial charge in [0.25, 0.3) is 0 Å². The number of anilines is 1. The molecule has 38 heavy (non-hydrogen) atoms. The Labute approximate surface area is 222 Å². The second-order valence-corrected chi connectivity index (χ2v) is 9.26. The van der Waals surface area contributed by atoms with E-state index in [1.54, 1.807) is 20.4 Å². The van der Waals surface area contributed by atoms with Crippen molar-refractivity contribution >= 4 is 39.4 Å². The lowest BCUT2D eigenvalue weighted by atomic mass is 10.1. The molecule has 0 saturated heterocycles. The van der Waals surface area contributed by atoms with Crippen LogP contribution in [0.4, 0.5) is 5.82 Å². The van der Waals surface area contributed by atoms with Crippen LogP contribution in [0.2, 0.25) is 5.02 Å². The van der Waals surface area contributed by atoms with Gasteiger partial charge < -0.3 is 19.1 Å². The van der Waals surface area contributed by atoms with Crippen molar-refractivity contribution in [1.29, 1.82) is 0 Å². The SMILES string of the molecule is COc1ccc(Cn2cnc3c(N[C@@H](C)c4cc5cccc(Cl)c5c(-c5noc(C)n5)n4)ncnc32)cc1. The second-order valence-electron chi connectivity index (χ2n) is 8.85. The first kappa shape index (κ1) is 23.8. The molecule has 6 aromatic rings. The summed E-state index contributed by atoms with van der Waals surface area (Å²) in [7, 11) is 1.65. The Bertz CT molecular complexity index is 1760. The van der Waals surface area contributed by atoms with E-state index in [-0.39, 0.29) is 6.04 Å². The molecule has 11 heteroatoms. The highest BCUT2D eigenvalue weighted by molar-refractivity contribution is 6.36. The number of halogens is 1. The number of fused-ring (bicyclic) bond motifs is 2. The summed E-state index contributed by atoms with van der Waals surface area (Å²) in [6.45, 7) is 4.36. The molecule has 2 aromatic carbocycles. The summed E-state index contributed by atoms with van der Waals surface area (Å²) in [5, 5.41) is 9.80. The summed E-state index contributed by atoms with van der Waals surface area (Å²) in [5.41, 5.74) is 3.83. The van der Waals surface area contributed by atoms with Crippen molar-refractivity contribution in [3.8, 4) is 17.3 Å². The van der Waals surface area contributed by atoms with Gasteiger partial charge in [-0.3, -0.25) is 0 Å². The lowest BCUT2D eigenvalue weighted by molar-refractivity contribution is 0.394. The lowest BCUT2D eigenvalue weighted by Gasteiger charge is -2.16. The molecule has 1 N–H and O–H groups in total. The number of aromatic nitrogens is 7. The van der Waals surface area contributed by atoms with E-state index in [1.807, 2.05) is 60.0 Å². The monoisotopic (exact) mass is 526 g/mol. The Morgan fingerprint density at radius 3 is 2.68 bits per heavy atom. The molecule has 0 unspecified atom stereocenters. The molecule has 6 rings (SSSR count). The van der Waals surface area contributed by atoms with Crippen LogP contribution >= 0.6 is 11.6 Å². The average molecular weight is 527 g/mol. The smallest absolute Gasteiger partial charge is 0.223 e. The first-order valence-corrected chi connectivity index (χ1v) is 12.3. The summed E-state index contributed by atoms with van der Waals surface area (Å²) < 4.78 is 12.5. The fourth-order valence-corrected chi connectivity index (χ4v) is 4.65. The largest absolute Gasteiger partial charge is 0.497 e. The third-order valence-electron chi connectivity index (χ3n) is 6.28. The maximum Gasteiger partial charge on any atom is 0.223 e.